The van der Waals surface area contributed by atoms with Gasteiger partial charge in [-0.2, -0.15) is 0 Å². The predicted octanol–water partition coefficient (Wildman–Crippen LogP) is 4.92. The summed E-state index contributed by atoms with van der Waals surface area (Å²) in [7, 11) is 0. The van der Waals surface area contributed by atoms with Crippen molar-refractivity contribution in [2.45, 2.75) is 32.3 Å². The second-order valence-electron chi connectivity index (χ2n) is 6.88. The summed E-state index contributed by atoms with van der Waals surface area (Å²) in [5, 5.41) is 5.91. The zero-order chi connectivity index (χ0) is 21.3. The predicted molar refractivity (Wildman–Crippen MR) is 125 cm³/mol. The lowest BCUT2D eigenvalue weighted by Gasteiger charge is -2.14. The van der Waals surface area contributed by atoms with Gasteiger partial charge in [0, 0.05) is 23.9 Å². The van der Waals surface area contributed by atoms with Crippen molar-refractivity contribution in [2.24, 2.45) is 0 Å². The van der Waals surface area contributed by atoms with Crippen molar-refractivity contribution < 1.29 is 19.0 Å². The van der Waals surface area contributed by atoms with Crippen LogP contribution >= 0.6 is 28.1 Å². The highest BCUT2D eigenvalue weighted by molar-refractivity contribution is 9.10. The molecule has 8 heteroatoms. The normalized spacial score (nSPS) is 15.5. The summed E-state index contributed by atoms with van der Waals surface area (Å²) in [6.45, 7) is 3.98. The Morgan fingerprint density at radius 1 is 1.27 bits per heavy atom. The molecule has 6 nitrogen and oxygen atoms in total. The molecule has 0 bridgehead atoms. The zero-order valence-electron chi connectivity index (χ0n) is 16.8. The molecule has 0 aromatic heterocycles. The fourth-order valence-electron chi connectivity index (χ4n) is 2.94. The van der Waals surface area contributed by atoms with Gasteiger partial charge >= 0.3 is 0 Å². The maximum Gasteiger partial charge on any atom is 0.257 e. The second-order valence-corrected chi connectivity index (χ2v) is 8.14. The van der Waals surface area contributed by atoms with Gasteiger partial charge in [-0.25, -0.2) is 0 Å². The van der Waals surface area contributed by atoms with E-state index in [0.717, 1.165) is 41.8 Å². The standard InChI is InChI=1S/C22H25BrN2O4S/c1-2-10-28-20-9-8-15(12-19(20)23)21(26)25-22(30)24-16-5-3-6-17(13-16)29-14-18-7-4-11-27-18/h3,5-6,8-9,12-13,18H,2,4,7,10-11,14H2,1H3,(H2,24,25,26,30). The van der Waals surface area contributed by atoms with Crippen LogP contribution in [0.1, 0.15) is 36.5 Å². The Morgan fingerprint density at radius 3 is 2.87 bits per heavy atom. The van der Waals surface area contributed by atoms with Crippen LogP contribution in [0.3, 0.4) is 0 Å². The van der Waals surface area contributed by atoms with Gasteiger partial charge in [0.15, 0.2) is 5.11 Å². The highest BCUT2D eigenvalue weighted by Crippen LogP contribution is 2.26. The third kappa shape index (κ3) is 6.68. The van der Waals surface area contributed by atoms with E-state index in [4.69, 9.17) is 26.4 Å². The third-order valence-corrected chi connectivity index (χ3v) is 5.26. The number of hydrogen-bond donors (Lipinski definition) is 2. The number of anilines is 1. The highest BCUT2D eigenvalue weighted by atomic mass is 79.9. The van der Waals surface area contributed by atoms with Crippen LogP contribution in [-0.4, -0.2) is 36.9 Å². The Morgan fingerprint density at radius 2 is 2.13 bits per heavy atom. The van der Waals surface area contributed by atoms with E-state index in [1.165, 1.54) is 0 Å². The summed E-state index contributed by atoms with van der Waals surface area (Å²) in [6, 6.07) is 12.6. The first-order valence-corrected chi connectivity index (χ1v) is 11.1. The van der Waals surface area contributed by atoms with Gasteiger partial charge in [-0.15, -0.1) is 0 Å². The lowest BCUT2D eigenvalue weighted by molar-refractivity contribution is 0.0680. The molecule has 2 aromatic rings. The fourth-order valence-corrected chi connectivity index (χ4v) is 3.64. The van der Waals surface area contributed by atoms with Gasteiger partial charge in [0.1, 0.15) is 18.1 Å². The zero-order valence-corrected chi connectivity index (χ0v) is 19.2. The number of rotatable bonds is 8. The molecule has 3 rings (SSSR count). The molecule has 1 heterocycles. The van der Waals surface area contributed by atoms with E-state index in [1.807, 2.05) is 31.2 Å². The molecule has 30 heavy (non-hydrogen) atoms. The molecule has 1 atom stereocenters. The molecule has 1 saturated heterocycles. The van der Waals surface area contributed by atoms with Crippen molar-refractivity contribution in [1.82, 2.24) is 5.32 Å². The Balaban J connectivity index is 1.52. The summed E-state index contributed by atoms with van der Waals surface area (Å²) in [4.78, 5) is 12.5. The van der Waals surface area contributed by atoms with Gasteiger partial charge < -0.3 is 19.5 Å². The van der Waals surface area contributed by atoms with E-state index >= 15 is 0 Å². The number of carbonyl (C=O) groups is 1. The van der Waals surface area contributed by atoms with Crippen molar-refractivity contribution in [3.63, 3.8) is 0 Å². The first-order valence-electron chi connectivity index (χ1n) is 9.94. The van der Waals surface area contributed by atoms with Crippen molar-refractivity contribution in [1.29, 1.82) is 0 Å². The smallest absolute Gasteiger partial charge is 0.257 e. The van der Waals surface area contributed by atoms with E-state index in [9.17, 15) is 4.79 Å². The first-order chi connectivity index (χ1) is 14.5. The Kier molecular flexibility index (Phi) is 8.48. The van der Waals surface area contributed by atoms with Crippen molar-refractivity contribution in [2.75, 3.05) is 25.1 Å². The van der Waals surface area contributed by atoms with Gasteiger partial charge in [-0.05, 0) is 77.7 Å². The number of nitrogens with one attached hydrogen (secondary N) is 2. The maximum absolute atomic E-state index is 12.5. The molecule has 2 aromatic carbocycles. The van der Waals surface area contributed by atoms with E-state index in [1.54, 1.807) is 18.2 Å². The van der Waals surface area contributed by atoms with Gasteiger partial charge in [-0.3, -0.25) is 10.1 Å². The number of ether oxygens (including phenoxy) is 3. The average Bonchev–Trinajstić information content (AvgIpc) is 3.25. The number of halogens is 1. The number of thiocarbonyl (C=S) groups is 1. The Labute approximate surface area is 190 Å². The molecule has 2 N–H and O–H groups in total. The SMILES string of the molecule is CCCOc1ccc(C(=O)NC(=S)Nc2cccc(OCC3CCCO3)c2)cc1Br. The minimum Gasteiger partial charge on any atom is -0.492 e. The molecule has 0 aliphatic carbocycles. The van der Waals surface area contributed by atoms with Crippen LogP contribution in [0.5, 0.6) is 11.5 Å². The summed E-state index contributed by atoms with van der Waals surface area (Å²) in [6.07, 6.45) is 3.17. The van der Waals surface area contributed by atoms with Crippen LogP contribution in [-0.2, 0) is 4.74 Å². The topological polar surface area (TPSA) is 68.8 Å². The molecule has 1 amide bonds. The van der Waals surface area contributed by atoms with E-state index < -0.39 is 0 Å². The quantitative estimate of drug-likeness (QED) is 0.509. The van der Waals surface area contributed by atoms with E-state index in [-0.39, 0.29) is 17.1 Å². The summed E-state index contributed by atoms with van der Waals surface area (Å²) in [5.41, 5.74) is 1.21. The molecule has 1 aliphatic heterocycles. The van der Waals surface area contributed by atoms with Crippen LogP contribution in [0, 0.1) is 0 Å². The van der Waals surface area contributed by atoms with Crippen molar-refractivity contribution >= 4 is 44.9 Å². The van der Waals surface area contributed by atoms with Crippen LogP contribution in [0.4, 0.5) is 5.69 Å². The molecule has 0 spiro atoms. The maximum atomic E-state index is 12.5. The average molecular weight is 493 g/mol. The summed E-state index contributed by atoms with van der Waals surface area (Å²) >= 11 is 8.72. The van der Waals surface area contributed by atoms with Gasteiger partial charge in [0.25, 0.3) is 5.91 Å². The lowest BCUT2D eigenvalue weighted by Crippen LogP contribution is -2.34. The number of benzene rings is 2. The largest absolute Gasteiger partial charge is 0.492 e. The van der Waals surface area contributed by atoms with Gasteiger partial charge in [-0.1, -0.05) is 13.0 Å². The second kappa shape index (κ2) is 11.3. The monoisotopic (exact) mass is 492 g/mol. The Hall–Kier alpha value is -2.16. The first kappa shape index (κ1) is 22.5. The van der Waals surface area contributed by atoms with E-state index in [2.05, 4.69) is 26.6 Å². The van der Waals surface area contributed by atoms with Crippen LogP contribution in [0.2, 0.25) is 0 Å². The van der Waals surface area contributed by atoms with Crippen LogP contribution in [0.25, 0.3) is 0 Å². The molecule has 0 saturated carbocycles. The molecule has 0 radical (unpaired) electrons. The molecular weight excluding hydrogens is 468 g/mol. The number of carbonyl (C=O) groups excluding carboxylic acids is 1. The highest BCUT2D eigenvalue weighted by Gasteiger charge is 2.16. The number of hydrogen-bond acceptors (Lipinski definition) is 5. The van der Waals surface area contributed by atoms with Gasteiger partial charge in [0.05, 0.1) is 17.2 Å². The molecular formula is C22H25BrN2O4S. The van der Waals surface area contributed by atoms with Crippen LogP contribution in [0.15, 0.2) is 46.9 Å². The van der Waals surface area contributed by atoms with Crippen molar-refractivity contribution in [3.05, 3.63) is 52.5 Å². The third-order valence-electron chi connectivity index (χ3n) is 4.43. The van der Waals surface area contributed by atoms with Gasteiger partial charge in [0.2, 0.25) is 0 Å². The molecule has 1 unspecified atom stereocenters. The minimum absolute atomic E-state index is 0.153. The summed E-state index contributed by atoms with van der Waals surface area (Å²) in [5.74, 6) is 1.12. The minimum atomic E-state index is -0.305. The molecule has 1 fully saturated rings. The lowest BCUT2D eigenvalue weighted by atomic mass is 10.2. The molecule has 1 aliphatic rings. The van der Waals surface area contributed by atoms with Crippen LogP contribution < -0.4 is 20.1 Å². The Bertz CT molecular complexity index is 887. The number of amides is 1. The van der Waals surface area contributed by atoms with E-state index in [0.29, 0.717) is 24.5 Å². The van der Waals surface area contributed by atoms with Crippen molar-refractivity contribution in [3.8, 4) is 11.5 Å². The fraction of sp³-hybridized carbons (Fsp3) is 0.364. The molecule has 160 valence electrons. The summed E-state index contributed by atoms with van der Waals surface area (Å²) < 4.78 is 17.7.